The molecule has 206 valence electrons. The number of amides is 1. The Kier molecular flexibility index (Phi) is 6.26. The SMILES string of the molecule is CC[C@@]1(O)C(=O)OCc2c1cc1n(c2=O)Cc2cc3c(NC(=O)OC(C)(C)C)ccc([Si](C)(C)CC)c3nc2-1. The van der Waals surface area contributed by atoms with Crippen LogP contribution in [0.2, 0.25) is 19.1 Å². The number of cyclic esters (lactones) is 1. The molecule has 0 fully saturated rings. The number of ether oxygens (including phenoxy) is 2. The Bertz CT molecular complexity index is 1600. The second kappa shape index (κ2) is 9.02. The summed E-state index contributed by atoms with van der Waals surface area (Å²) in [5.41, 5.74) is 1.10. The molecule has 0 saturated heterocycles. The zero-order valence-electron chi connectivity index (χ0n) is 23.5. The van der Waals surface area contributed by atoms with Gasteiger partial charge in [0.1, 0.15) is 12.2 Å². The number of pyridine rings is 2. The minimum Gasteiger partial charge on any atom is -0.458 e. The second-order valence-corrected chi connectivity index (χ2v) is 17.0. The van der Waals surface area contributed by atoms with Crippen molar-refractivity contribution >= 4 is 41.9 Å². The van der Waals surface area contributed by atoms with Gasteiger partial charge in [0.2, 0.25) is 0 Å². The van der Waals surface area contributed by atoms with Crippen LogP contribution in [0.25, 0.3) is 22.3 Å². The number of aromatic nitrogens is 2. The Morgan fingerprint density at radius 2 is 1.95 bits per heavy atom. The van der Waals surface area contributed by atoms with Crippen molar-refractivity contribution in [2.75, 3.05) is 5.32 Å². The maximum absolute atomic E-state index is 13.6. The predicted octanol–water partition coefficient (Wildman–Crippen LogP) is 4.36. The van der Waals surface area contributed by atoms with E-state index < -0.39 is 31.3 Å². The van der Waals surface area contributed by atoms with Crippen LogP contribution in [0.3, 0.4) is 0 Å². The van der Waals surface area contributed by atoms with Gasteiger partial charge in [0.05, 0.1) is 42.8 Å². The Hall–Kier alpha value is -3.50. The maximum Gasteiger partial charge on any atom is 0.412 e. The van der Waals surface area contributed by atoms with Gasteiger partial charge in [-0.05, 0) is 50.6 Å². The lowest BCUT2D eigenvalue weighted by Gasteiger charge is -2.31. The molecule has 0 unspecified atom stereocenters. The van der Waals surface area contributed by atoms with Gasteiger partial charge in [-0.25, -0.2) is 14.6 Å². The average molecular weight is 550 g/mol. The molecule has 39 heavy (non-hydrogen) atoms. The van der Waals surface area contributed by atoms with Gasteiger partial charge >= 0.3 is 12.1 Å². The Morgan fingerprint density at radius 3 is 2.59 bits per heavy atom. The van der Waals surface area contributed by atoms with E-state index in [0.29, 0.717) is 17.1 Å². The molecule has 2 N–H and O–H groups in total. The standard InChI is InChI=1S/C29H35N3O6Si/c1-8-29(36)19-13-21-23-16(14-32(21)25(33)18(19)15-37-26(29)34)12-17-20(30-27(35)38-28(3,4)5)10-11-22(24(17)31-23)39(6,7)9-2/h10-13,36H,8-9,14-15H2,1-7H3,(H,30,35)/t29-/m0/s1. The molecule has 1 atom stereocenters. The monoisotopic (exact) mass is 549 g/mol. The number of nitrogens with one attached hydrogen (secondary N) is 1. The summed E-state index contributed by atoms with van der Waals surface area (Å²) in [6.07, 6.45) is -0.473. The van der Waals surface area contributed by atoms with E-state index in [-0.39, 0.29) is 36.3 Å². The highest BCUT2D eigenvalue weighted by molar-refractivity contribution is 6.91. The van der Waals surface area contributed by atoms with Crippen LogP contribution >= 0.6 is 0 Å². The van der Waals surface area contributed by atoms with Crippen LogP contribution in [0.5, 0.6) is 0 Å². The Balaban J connectivity index is 1.73. The first kappa shape index (κ1) is 27.1. The molecule has 4 heterocycles. The summed E-state index contributed by atoms with van der Waals surface area (Å²) in [7, 11) is -1.89. The van der Waals surface area contributed by atoms with Gasteiger partial charge in [0, 0.05) is 16.5 Å². The highest BCUT2D eigenvalue weighted by atomic mass is 28.3. The number of carbonyl (C=O) groups is 2. The summed E-state index contributed by atoms with van der Waals surface area (Å²) < 4.78 is 12.3. The molecular weight excluding hydrogens is 514 g/mol. The van der Waals surface area contributed by atoms with E-state index in [4.69, 9.17) is 14.5 Å². The number of rotatable bonds is 4. The van der Waals surface area contributed by atoms with Crippen LogP contribution in [0, 0.1) is 0 Å². The highest BCUT2D eigenvalue weighted by Gasteiger charge is 2.45. The van der Waals surface area contributed by atoms with Gasteiger partial charge in [0.25, 0.3) is 5.56 Å². The fraction of sp³-hybridized carbons (Fsp3) is 0.448. The number of nitrogens with zero attached hydrogens (tertiary/aromatic N) is 2. The van der Waals surface area contributed by atoms with Crippen LogP contribution < -0.4 is 16.1 Å². The largest absolute Gasteiger partial charge is 0.458 e. The molecule has 0 spiro atoms. The fourth-order valence-corrected chi connectivity index (χ4v) is 7.07. The molecule has 2 aliphatic heterocycles. The minimum atomic E-state index is -1.89. The van der Waals surface area contributed by atoms with Crippen molar-refractivity contribution in [1.82, 2.24) is 9.55 Å². The van der Waals surface area contributed by atoms with E-state index in [0.717, 1.165) is 27.7 Å². The summed E-state index contributed by atoms with van der Waals surface area (Å²) >= 11 is 0. The summed E-state index contributed by atoms with van der Waals surface area (Å²) in [5.74, 6) is -0.748. The van der Waals surface area contributed by atoms with Gasteiger partial charge in [-0.15, -0.1) is 0 Å². The number of hydrogen-bond acceptors (Lipinski definition) is 7. The van der Waals surface area contributed by atoms with Crippen molar-refractivity contribution in [2.24, 2.45) is 0 Å². The molecule has 10 heteroatoms. The van der Waals surface area contributed by atoms with Crippen LogP contribution in [-0.4, -0.2) is 40.4 Å². The first-order chi connectivity index (χ1) is 18.2. The lowest BCUT2D eigenvalue weighted by atomic mass is 9.86. The third-order valence-corrected chi connectivity index (χ3v) is 11.6. The van der Waals surface area contributed by atoms with E-state index in [9.17, 15) is 19.5 Å². The van der Waals surface area contributed by atoms with Gasteiger partial charge in [0.15, 0.2) is 5.60 Å². The zero-order valence-corrected chi connectivity index (χ0v) is 24.5. The molecule has 0 radical (unpaired) electrons. The number of hydrogen-bond donors (Lipinski definition) is 2. The van der Waals surface area contributed by atoms with E-state index in [1.165, 1.54) is 0 Å². The molecule has 1 amide bonds. The van der Waals surface area contributed by atoms with E-state index in [1.54, 1.807) is 17.6 Å². The molecular formula is C29H35N3O6Si. The Morgan fingerprint density at radius 1 is 1.23 bits per heavy atom. The van der Waals surface area contributed by atoms with Crippen LogP contribution in [-0.2, 0) is 33.0 Å². The van der Waals surface area contributed by atoms with Crippen LogP contribution in [0.4, 0.5) is 10.5 Å². The number of aliphatic hydroxyl groups is 1. The van der Waals surface area contributed by atoms with Crippen molar-refractivity contribution in [2.45, 2.75) is 84.5 Å². The lowest BCUT2D eigenvalue weighted by molar-refractivity contribution is -0.172. The summed E-state index contributed by atoms with van der Waals surface area (Å²) in [6.45, 7) is 13.9. The third kappa shape index (κ3) is 4.35. The molecule has 3 aromatic rings. The van der Waals surface area contributed by atoms with E-state index >= 15 is 0 Å². The first-order valence-corrected chi connectivity index (χ1v) is 16.5. The normalized spacial score (nSPS) is 18.3. The molecule has 0 bridgehead atoms. The summed E-state index contributed by atoms with van der Waals surface area (Å²) in [4.78, 5) is 43.9. The van der Waals surface area contributed by atoms with Gasteiger partial charge in [-0.1, -0.05) is 39.1 Å². The molecule has 5 rings (SSSR count). The van der Waals surface area contributed by atoms with Crippen LogP contribution in [0.15, 0.2) is 29.1 Å². The molecule has 9 nitrogen and oxygen atoms in total. The molecule has 1 aromatic carbocycles. The number of benzene rings is 1. The number of esters is 1. The smallest absolute Gasteiger partial charge is 0.412 e. The van der Waals surface area contributed by atoms with Crippen LogP contribution in [0.1, 0.15) is 57.7 Å². The van der Waals surface area contributed by atoms with Crippen molar-refractivity contribution in [3.8, 4) is 11.4 Å². The van der Waals surface area contributed by atoms with E-state index in [1.807, 2.05) is 39.0 Å². The average Bonchev–Trinajstić information content (AvgIpc) is 3.22. The van der Waals surface area contributed by atoms with Crippen molar-refractivity contribution in [3.63, 3.8) is 0 Å². The van der Waals surface area contributed by atoms with Gasteiger partial charge in [-0.3, -0.25) is 10.1 Å². The first-order valence-electron chi connectivity index (χ1n) is 13.3. The lowest BCUT2D eigenvalue weighted by Crippen LogP contribution is -2.44. The predicted molar refractivity (Wildman–Crippen MR) is 152 cm³/mol. The zero-order chi connectivity index (χ0) is 28.5. The van der Waals surface area contributed by atoms with Crippen molar-refractivity contribution in [3.05, 3.63) is 51.3 Å². The minimum absolute atomic E-state index is 0.0832. The maximum atomic E-state index is 13.6. The molecule has 0 saturated carbocycles. The molecule has 0 aliphatic carbocycles. The van der Waals surface area contributed by atoms with Gasteiger partial charge < -0.3 is 19.1 Å². The number of carbonyl (C=O) groups excluding carboxylic acids is 2. The fourth-order valence-electron chi connectivity index (χ4n) is 5.33. The summed E-state index contributed by atoms with van der Waals surface area (Å²) in [5, 5.41) is 16.0. The topological polar surface area (TPSA) is 120 Å². The quantitative estimate of drug-likeness (QED) is 0.287. The molecule has 2 aromatic heterocycles. The van der Waals surface area contributed by atoms with Gasteiger partial charge in [-0.2, -0.15) is 0 Å². The van der Waals surface area contributed by atoms with Crippen molar-refractivity contribution < 1.29 is 24.2 Å². The molecule has 2 aliphatic rings. The Labute approximate surface area is 228 Å². The summed E-state index contributed by atoms with van der Waals surface area (Å²) in [6, 6.07) is 8.63. The highest BCUT2D eigenvalue weighted by Crippen LogP contribution is 2.39. The van der Waals surface area contributed by atoms with Crippen molar-refractivity contribution in [1.29, 1.82) is 0 Å². The second-order valence-electron chi connectivity index (χ2n) is 12.0. The third-order valence-electron chi connectivity index (χ3n) is 7.93. The number of anilines is 1. The van der Waals surface area contributed by atoms with E-state index in [2.05, 4.69) is 25.3 Å². The number of fused-ring (bicyclic) bond motifs is 5.